The molecule has 7 nitrogen and oxygen atoms in total. The van der Waals surface area contributed by atoms with Crippen molar-refractivity contribution in [2.24, 2.45) is 7.05 Å². The number of ketones is 1. The van der Waals surface area contributed by atoms with Crippen LogP contribution in [0.2, 0.25) is 5.02 Å². The van der Waals surface area contributed by atoms with Crippen LogP contribution in [0.15, 0.2) is 35.3 Å². The Morgan fingerprint density at radius 1 is 1.15 bits per heavy atom. The molecule has 8 heteroatoms. The number of piperidine rings is 1. The van der Waals surface area contributed by atoms with Gasteiger partial charge in [-0.2, -0.15) is 4.98 Å². The lowest BCUT2D eigenvalue weighted by molar-refractivity contribution is -0.116. The number of nitrogens with one attached hydrogen (secondary N) is 1. The predicted octanol–water partition coefficient (Wildman–Crippen LogP) is 5.26. The summed E-state index contributed by atoms with van der Waals surface area (Å²) in [6.07, 6.45) is 5.95. The Balaban J connectivity index is 0.00000149. The average Bonchev–Trinajstić information content (AvgIpc) is 2.83. The van der Waals surface area contributed by atoms with Crippen molar-refractivity contribution in [3.8, 4) is 0 Å². The van der Waals surface area contributed by atoms with Crippen molar-refractivity contribution in [1.82, 2.24) is 14.5 Å². The quantitative estimate of drug-likeness (QED) is 0.530. The number of anilines is 3. The van der Waals surface area contributed by atoms with Crippen molar-refractivity contribution < 1.29 is 4.79 Å². The highest BCUT2D eigenvalue weighted by Crippen LogP contribution is 2.27. The van der Waals surface area contributed by atoms with Crippen molar-refractivity contribution >= 4 is 45.7 Å². The fraction of sp³-hybridized carbons (Fsp3) is 0.440. The van der Waals surface area contributed by atoms with Crippen LogP contribution in [-0.4, -0.2) is 33.4 Å². The van der Waals surface area contributed by atoms with Crippen molar-refractivity contribution in [2.75, 3.05) is 23.3 Å². The number of halogens is 1. The van der Waals surface area contributed by atoms with Gasteiger partial charge in [0.25, 0.3) is 5.56 Å². The minimum atomic E-state index is -0.0699. The van der Waals surface area contributed by atoms with Gasteiger partial charge in [0, 0.05) is 43.2 Å². The average molecular weight is 470 g/mol. The molecule has 1 fully saturated rings. The molecule has 3 aromatic rings. The summed E-state index contributed by atoms with van der Waals surface area (Å²) in [6, 6.07) is 7.63. The number of aryl methyl sites for hydroxylation is 2. The highest BCUT2D eigenvalue weighted by Gasteiger charge is 2.16. The number of carbonyl (C=O) groups excluding carboxylic acids is 1. The van der Waals surface area contributed by atoms with Crippen LogP contribution >= 0.6 is 11.6 Å². The Bertz CT molecular complexity index is 1190. The number of benzene rings is 1. The number of nitrogens with zero attached hydrogens (tertiary/aromatic N) is 4. The van der Waals surface area contributed by atoms with Gasteiger partial charge in [0.2, 0.25) is 5.95 Å². The standard InChI is InChI=1S/C23H26ClN5O2.C2H6/c1-15(30)6-7-16-12-17-13-18(8-9-20(17)28(2)22(16)31)26-21-19(24)14-25-23(27-21)29-10-4-3-5-11-29;1-2/h8-9,12-14H,3-7,10-11H2,1-2H3,(H,25,26,27);1-2H3. The van der Waals surface area contributed by atoms with Crippen molar-refractivity contribution in [1.29, 1.82) is 0 Å². The lowest BCUT2D eigenvalue weighted by Gasteiger charge is -2.26. The monoisotopic (exact) mass is 469 g/mol. The predicted molar refractivity (Wildman–Crippen MR) is 136 cm³/mol. The number of aromatic nitrogens is 3. The highest BCUT2D eigenvalue weighted by molar-refractivity contribution is 6.32. The summed E-state index contributed by atoms with van der Waals surface area (Å²) >= 11 is 6.36. The zero-order valence-corrected chi connectivity index (χ0v) is 20.6. The first-order valence-corrected chi connectivity index (χ1v) is 12.0. The maximum absolute atomic E-state index is 12.6. The molecule has 0 radical (unpaired) electrons. The van der Waals surface area contributed by atoms with Crippen LogP contribution < -0.4 is 15.8 Å². The summed E-state index contributed by atoms with van der Waals surface area (Å²) in [4.78, 5) is 35.2. The summed E-state index contributed by atoms with van der Waals surface area (Å²) in [6.45, 7) is 7.44. The van der Waals surface area contributed by atoms with E-state index < -0.39 is 0 Å². The zero-order valence-electron chi connectivity index (χ0n) is 19.8. The van der Waals surface area contributed by atoms with E-state index >= 15 is 0 Å². The van der Waals surface area contributed by atoms with E-state index in [1.807, 2.05) is 38.1 Å². The molecule has 1 aliphatic heterocycles. The molecule has 33 heavy (non-hydrogen) atoms. The van der Waals surface area contributed by atoms with Crippen molar-refractivity contribution in [2.45, 2.75) is 52.9 Å². The third kappa shape index (κ3) is 5.90. The van der Waals surface area contributed by atoms with E-state index in [4.69, 9.17) is 11.6 Å². The van der Waals surface area contributed by atoms with Crippen molar-refractivity contribution in [3.05, 3.63) is 51.4 Å². The Hall–Kier alpha value is -2.93. The smallest absolute Gasteiger partial charge is 0.253 e. The summed E-state index contributed by atoms with van der Waals surface area (Å²) < 4.78 is 1.63. The zero-order chi connectivity index (χ0) is 24.0. The molecule has 0 aliphatic carbocycles. The Labute approximate surface area is 199 Å². The first kappa shape index (κ1) is 24.7. The molecule has 1 aromatic carbocycles. The van der Waals surface area contributed by atoms with Crippen LogP contribution in [0.4, 0.5) is 17.5 Å². The Morgan fingerprint density at radius 3 is 2.58 bits per heavy atom. The third-order valence-electron chi connectivity index (χ3n) is 5.68. The molecule has 4 rings (SSSR count). The lowest BCUT2D eigenvalue weighted by Crippen LogP contribution is -2.31. The van der Waals surface area contributed by atoms with Gasteiger partial charge in [-0.15, -0.1) is 0 Å². The highest BCUT2D eigenvalue weighted by atomic mass is 35.5. The van der Waals surface area contributed by atoms with Crippen LogP contribution in [0.3, 0.4) is 0 Å². The van der Waals surface area contributed by atoms with Gasteiger partial charge in [-0.1, -0.05) is 25.4 Å². The molecule has 0 atom stereocenters. The summed E-state index contributed by atoms with van der Waals surface area (Å²) in [5.41, 5.74) is 2.20. The SMILES string of the molecule is CC.CC(=O)CCc1cc2cc(Nc3nc(N4CCCCC4)ncc3Cl)ccc2n(C)c1=O. The molecule has 1 N–H and O–H groups in total. The van der Waals surface area contributed by atoms with Crippen LogP contribution in [0, 0.1) is 0 Å². The van der Waals surface area contributed by atoms with E-state index in [2.05, 4.69) is 20.2 Å². The second-order valence-electron chi connectivity index (χ2n) is 8.05. The van der Waals surface area contributed by atoms with E-state index in [1.54, 1.807) is 17.8 Å². The Kier molecular flexibility index (Phi) is 8.44. The second kappa shape index (κ2) is 11.3. The second-order valence-corrected chi connectivity index (χ2v) is 8.46. The first-order chi connectivity index (χ1) is 15.9. The number of Topliss-reactive ketones (excluding diaryl/α,β-unsaturated/α-hetero) is 1. The molecule has 0 spiro atoms. The van der Waals surface area contributed by atoms with Crippen LogP contribution in [0.25, 0.3) is 10.9 Å². The minimum absolute atomic E-state index is 0.0699. The first-order valence-electron chi connectivity index (χ1n) is 11.6. The van der Waals surface area contributed by atoms with Gasteiger partial charge in [-0.05, 0) is 56.9 Å². The fourth-order valence-electron chi connectivity index (χ4n) is 3.95. The largest absolute Gasteiger partial charge is 0.341 e. The van der Waals surface area contributed by atoms with Gasteiger partial charge < -0.3 is 19.6 Å². The van der Waals surface area contributed by atoms with E-state index in [0.29, 0.717) is 35.2 Å². The van der Waals surface area contributed by atoms with Gasteiger partial charge in [-0.3, -0.25) is 4.79 Å². The molecule has 0 saturated carbocycles. The number of hydrogen-bond donors (Lipinski definition) is 1. The van der Waals surface area contributed by atoms with Crippen molar-refractivity contribution in [3.63, 3.8) is 0 Å². The van der Waals surface area contributed by atoms with Gasteiger partial charge >= 0.3 is 0 Å². The van der Waals surface area contributed by atoms with E-state index in [0.717, 1.165) is 42.5 Å². The number of carbonyl (C=O) groups is 1. The number of rotatable bonds is 6. The normalized spacial score (nSPS) is 13.4. The molecule has 0 unspecified atom stereocenters. The molecular formula is C25H32ClN5O2. The fourth-order valence-corrected chi connectivity index (χ4v) is 4.08. The van der Waals surface area contributed by atoms with Gasteiger partial charge in [0.1, 0.15) is 10.8 Å². The molecular weight excluding hydrogens is 438 g/mol. The topological polar surface area (TPSA) is 80.1 Å². The minimum Gasteiger partial charge on any atom is -0.341 e. The maximum Gasteiger partial charge on any atom is 0.253 e. The van der Waals surface area contributed by atoms with Gasteiger partial charge in [0.05, 0.1) is 11.7 Å². The molecule has 1 aliphatic rings. The Morgan fingerprint density at radius 2 is 1.88 bits per heavy atom. The summed E-state index contributed by atoms with van der Waals surface area (Å²) in [5, 5.41) is 4.65. The summed E-state index contributed by atoms with van der Waals surface area (Å²) in [5.74, 6) is 1.31. The molecule has 0 amide bonds. The molecule has 3 heterocycles. The van der Waals surface area contributed by atoms with Gasteiger partial charge in [0.15, 0.2) is 5.82 Å². The number of fused-ring (bicyclic) bond motifs is 1. The number of pyridine rings is 1. The summed E-state index contributed by atoms with van der Waals surface area (Å²) in [7, 11) is 1.75. The van der Waals surface area contributed by atoms with E-state index in [-0.39, 0.29) is 11.3 Å². The van der Waals surface area contributed by atoms with Crippen LogP contribution in [0.5, 0.6) is 0 Å². The van der Waals surface area contributed by atoms with E-state index in [1.165, 1.54) is 13.3 Å². The van der Waals surface area contributed by atoms with Gasteiger partial charge in [-0.25, -0.2) is 4.98 Å². The van der Waals surface area contributed by atoms with Crippen LogP contribution in [0.1, 0.15) is 52.0 Å². The lowest BCUT2D eigenvalue weighted by atomic mass is 10.1. The third-order valence-corrected chi connectivity index (χ3v) is 5.95. The van der Waals surface area contributed by atoms with E-state index in [9.17, 15) is 9.59 Å². The molecule has 2 aromatic heterocycles. The van der Waals surface area contributed by atoms with Crippen LogP contribution in [-0.2, 0) is 18.3 Å². The molecule has 1 saturated heterocycles. The maximum atomic E-state index is 12.6. The molecule has 176 valence electrons. The molecule has 0 bridgehead atoms. The number of hydrogen-bond acceptors (Lipinski definition) is 6.